The summed E-state index contributed by atoms with van der Waals surface area (Å²) in [6.07, 6.45) is 3.44. The number of hydrogen-bond donors (Lipinski definition) is 2. The molecule has 2 unspecified atom stereocenters. The summed E-state index contributed by atoms with van der Waals surface area (Å²) in [4.78, 5) is 11.9. The fraction of sp³-hybridized carbons (Fsp3) is 0.533. The third kappa shape index (κ3) is 4.69. The normalized spacial score (nSPS) is 19.1. The molecule has 1 heterocycles. The number of amides is 1. The highest BCUT2D eigenvalue weighted by Crippen LogP contribution is 2.16. The maximum atomic E-state index is 11.9. The van der Waals surface area contributed by atoms with Gasteiger partial charge in [-0.15, -0.1) is 12.4 Å². The molecule has 112 valence electrons. The Bertz CT molecular complexity index is 434. The molecule has 1 aromatic carbocycles. The lowest BCUT2D eigenvalue weighted by atomic mass is 10.1. The van der Waals surface area contributed by atoms with Crippen molar-refractivity contribution in [1.82, 2.24) is 5.32 Å². The highest BCUT2D eigenvalue weighted by atomic mass is 35.5. The van der Waals surface area contributed by atoms with Gasteiger partial charge in [0.2, 0.25) is 5.91 Å². The van der Waals surface area contributed by atoms with E-state index in [4.69, 9.17) is 10.5 Å². The Labute approximate surface area is 126 Å². The van der Waals surface area contributed by atoms with Crippen molar-refractivity contribution in [3.63, 3.8) is 0 Å². The summed E-state index contributed by atoms with van der Waals surface area (Å²) < 4.78 is 5.56. The van der Waals surface area contributed by atoms with Crippen molar-refractivity contribution in [1.29, 1.82) is 0 Å². The fourth-order valence-corrected chi connectivity index (χ4v) is 2.43. The van der Waals surface area contributed by atoms with Crippen molar-refractivity contribution >= 4 is 24.0 Å². The third-order valence-corrected chi connectivity index (χ3v) is 3.59. The first-order valence-corrected chi connectivity index (χ1v) is 6.91. The zero-order valence-corrected chi connectivity index (χ0v) is 12.6. The van der Waals surface area contributed by atoms with Crippen LogP contribution in [0, 0.1) is 0 Å². The number of ether oxygens (including phenoxy) is 1. The molecular weight excluding hydrogens is 276 g/mol. The molecule has 0 aliphatic carbocycles. The van der Waals surface area contributed by atoms with E-state index in [0.717, 1.165) is 30.7 Å². The highest BCUT2D eigenvalue weighted by Gasteiger charge is 2.23. The Morgan fingerprint density at radius 3 is 2.90 bits per heavy atom. The van der Waals surface area contributed by atoms with Crippen LogP contribution in [0.2, 0.25) is 0 Å². The summed E-state index contributed by atoms with van der Waals surface area (Å²) >= 11 is 0. The smallest absolute Gasteiger partial charge is 0.220 e. The van der Waals surface area contributed by atoms with E-state index < -0.39 is 0 Å². The van der Waals surface area contributed by atoms with Gasteiger partial charge in [0.25, 0.3) is 0 Å². The van der Waals surface area contributed by atoms with Crippen LogP contribution < -0.4 is 11.1 Å². The van der Waals surface area contributed by atoms with Crippen LogP contribution in [-0.4, -0.2) is 24.7 Å². The predicted molar refractivity (Wildman–Crippen MR) is 83.0 cm³/mol. The Balaban J connectivity index is 0.00000200. The van der Waals surface area contributed by atoms with Gasteiger partial charge in [-0.05, 0) is 37.8 Å². The SMILES string of the molecule is CC(NC(=O)CCc1ccccc1N)C1CCCO1.Cl. The quantitative estimate of drug-likeness (QED) is 0.820. The van der Waals surface area contributed by atoms with Gasteiger partial charge in [0, 0.05) is 18.7 Å². The Hall–Kier alpha value is -1.26. The lowest BCUT2D eigenvalue weighted by molar-refractivity contribution is -0.122. The molecular formula is C15H23ClN2O2. The van der Waals surface area contributed by atoms with Crippen molar-refractivity contribution in [3.05, 3.63) is 29.8 Å². The molecule has 5 heteroatoms. The van der Waals surface area contributed by atoms with Gasteiger partial charge in [-0.1, -0.05) is 18.2 Å². The number of anilines is 1. The van der Waals surface area contributed by atoms with E-state index in [1.807, 2.05) is 31.2 Å². The summed E-state index contributed by atoms with van der Waals surface area (Å²) in [5.74, 6) is 0.0613. The van der Waals surface area contributed by atoms with Gasteiger partial charge in [-0.25, -0.2) is 0 Å². The highest BCUT2D eigenvalue weighted by molar-refractivity contribution is 5.85. The number of carbonyl (C=O) groups is 1. The summed E-state index contributed by atoms with van der Waals surface area (Å²) in [5, 5.41) is 3.01. The monoisotopic (exact) mass is 298 g/mol. The maximum absolute atomic E-state index is 11.9. The van der Waals surface area contributed by atoms with Crippen molar-refractivity contribution < 1.29 is 9.53 Å². The number of benzene rings is 1. The molecule has 20 heavy (non-hydrogen) atoms. The number of rotatable bonds is 5. The molecule has 4 nitrogen and oxygen atoms in total. The summed E-state index contributed by atoms with van der Waals surface area (Å²) in [7, 11) is 0. The Morgan fingerprint density at radius 2 is 2.25 bits per heavy atom. The number of halogens is 1. The molecule has 1 fully saturated rings. The van der Waals surface area contributed by atoms with E-state index in [0.29, 0.717) is 12.8 Å². The van der Waals surface area contributed by atoms with Crippen molar-refractivity contribution in [2.75, 3.05) is 12.3 Å². The van der Waals surface area contributed by atoms with Crippen LogP contribution in [0.25, 0.3) is 0 Å². The summed E-state index contributed by atoms with van der Waals surface area (Å²) in [6, 6.07) is 7.76. The van der Waals surface area contributed by atoms with E-state index in [2.05, 4.69) is 5.32 Å². The minimum absolute atomic E-state index is 0. The van der Waals surface area contributed by atoms with Crippen molar-refractivity contribution in [2.24, 2.45) is 0 Å². The summed E-state index contributed by atoms with van der Waals surface area (Å²) in [5.41, 5.74) is 7.64. The standard InChI is InChI=1S/C15H22N2O2.ClH/c1-11(14-7-4-10-19-14)17-15(18)9-8-12-5-2-3-6-13(12)16;/h2-3,5-6,11,14H,4,7-10,16H2,1H3,(H,17,18);1H. The van der Waals surface area contributed by atoms with Crippen molar-refractivity contribution in [2.45, 2.75) is 44.8 Å². The fourth-order valence-electron chi connectivity index (χ4n) is 2.43. The average Bonchev–Trinajstić information content (AvgIpc) is 2.91. The predicted octanol–water partition coefficient (Wildman–Crippen LogP) is 2.31. The molecule has 1 saturated heterocycles. The first-order valence-electron chi connectivity index (χ1n) is 6.91. The van der Waals surface area contributed by atoms with Gasteiger partial charge >= 0.3 is 0 Å². The van der Waals surface area contributed by atoms with Gasteiger partial charge < -0.3 is 15.8 Å². The minimum atomic E-state index is 0. The summed E-state index contributed by atoms with van der Waals surface area (Å²) in [6.45, 7) is 2.82. The van der Waals surface area contributed by atoms with E-state index in [-0.39, 0.29) is 30.5 Å². The molecule has 1 aliphatic rings. The van der Waals surface area contributed by atoms with Crippen LogP contribution in [0.1, 0.15) is 31.7 Å². The second-order valence-corrected chi connectivity index (χ2v) is 5.11. The van der Waals surface area contributed by atoms with Crippen LogP contribution >= 0.6 is 12.4 Å². The third-order valence-electron chi connectivity index (χ3n) is 3.59. The first kappa shape index (κ1) is 16.8. The molecule has 2 rings (SSSR count). The molecule has 1 amide bonds. The van der Waals surface area contributed by atoms with Gasteiger partial charge in [0.15, 0.2) is 0 Å². The van der Waals surface area contributed by atoms with Crippen LogP contribution in [0.15, 0.2) is 24.3 Å². The van der Waals surface area contributed by atoms with Crippen LogP contribution in [0.4, 0.5) is 5.69 Å². The second-order valence-electron chi connectivity index (χ2n) is 5.11. The van der Waals surface area contributed by atoms with Gasteiger partial charge in [-0.2, -0.15) is 0 Å². The number of carbonyl (C=O) groups excluding carboxylic acids is 1. The molecule has 0 aromatic heterocycles. The Morgan fingerprint density at radius 1 is 1.50 bits per heavy atom. The van der Waals surface area contributed by atoms with Gasteiger partial charge in [-0.3, -0.25) is 4.79 Å². The van der Waals surface area contributed by atoms with Crippen LogP contribution in [-0.2, 0) is 16.0 Å². The molecule has 3 N–H and O–H groups in total. The lowest BCUT2D eigenvalue weighted by Crippen LogP contribution is -2.40. The number of nitrogen functional groups attached to an aromatic ring is 1. The number of hydrogen-bond acceptors (Lipinski definition) is 3. The maximum Gasteiger partial charge on any atom is 0.220 e. The lowest BCUT2D eigenvalue weighted by Gasteiger charge is -2.20. The zero-order valence-electron chi connectivity index (χ0n) is 11.8. The number of nitrogens with one attached hydrogen (secondary N) is 1. The average molecular weight is 299 g/mol. The van der Waals surface area contributed by atoms with E-state index in [1.54, 1.807) is 0 Å². The largest absolute Gasteiger partial charge is 0.399 e. The van der Waals surface area contributed by atoms with Gasteiger partial charge in [0.1, 0.15) is 0 Å². The van der Waals surface area contributed by atoms with Crippen molar-refractivity contribution in [3.8, 4) is 0 Å². The number of aryl methyl sites for hydroxylation is 1. The number of nitrogens with two attached hydrogens (primary N) is 1. The zero-order chi connectivity index (χ0) is 13.7. The topological polar surface area (TPSA) is 64.4 Å². The molecule has 1 aromatic rings. The molecule has 0 saturated carbocycles. The van der Waals surface area contributed by atoms with E-state index in [1.165, 1.54) is 0 Å². The molecule has 1 aliphatic heterocycles. The first-order chi connectivity index (χ1) is 9.16. The minimum Gasteiger partial charge on any atom is -0.399 e. The Kier molecular flexibility index (Phi) is 6.82. The van der Waals surface area contributed by atoms with Crippen LogP contribution in [0.5, 0.6) is 0 Å². The van der Waals surface area contributed by atoms with E-state index >= 15 is 0 Å². The second kappa shape index (κ2) is 8.12. The molecule has 0 bridgehead atoms. The molecule has 2 atom stereocenters. The molecule has 0 radical (unpaired) electrons. The van der Waals surface area contributed by atoms with Crippen LogP contribution in [0.3, 0.4) is 0 Å². The number of para-hydroxylation sites is 1. The van der Waals surface area contributed by atoms with Gasteiger partial charge in [0.05, 0.1) is 12.1 Å². The molecule has 0 spiro atoms. The van der Waals surface area contributed by atoms with E-state index in [9.17, 15) is 4.79 Å².